The molecule has 1 aliphatic rings. The molecule has 0 aliphatic carbocycles. The lowest BCUT2D eigenvalue weighted by molar-refractivity contribution is -0.140. The smallest absolute Gasteiger partial charge is 0.357 e. The second kappa shape index (κ2) is 11.3. The lowest BCUT2D eigenvalue weighted by Crippen LogP contribution is -2.41. The van der Waals surface area contributed by atoms with E-state index in [0.29, 0.717) is 23.4 Å². The van der Waals surface area contributed by atoms with Gasteiger partial charge in [0.25, 0.3) is 0 Å². The Labute approximate surface area is 173 Å². The van der Waals surface area contributed by atoms with E-state index >= 15 is 0 Å². The van der Waals surface area contributed by atoms with E-state index in [4.69, 9.17) is 0 Å². The van der Waals surface area contributed by atoms with Gasteiger partial charge in [-0.3, -0.25) is 0 Å². The van der Waals surface area contributed by atoms with E-state index in [-0.39, 0.29) is 30.5 Å². The van der Waals surface area contributed by atoms with Crippen molar-refractivity contribution >= 4 is 41.3 Å². The van der Waals surface area contributed by atoms with Crippen molar-refractivity contribution in [3.05, 3.63) is 16.1 Å². The molecule has 0 bridgehead atoms. The minimum Gasteiger partial charge on any atom is -0.357 e. The van der Waals surface area contributed by atoms with Crippen LogP contribution in [0.4, 0.5) is 13.2 Å². The largest absolute Gasteiger partial charge is 0.434 e. The number of hydrogen-bond acceptors (Lipinski definition) is 4. The molecule has 26 heavy (non-hydrogen) atoms. The summed E-state index contributed by atoms with van der Waals surface area (Å²) in [6.45, 7) is 9.13. The Kier molecular flexibility index (Phi) is 10.2. The third-order valence-electron chi connectivity index (χ3n) is 3.95. The lowest BCUT2D eigenvalue weighted by atomic mass is 10.1. The summed E-state index contributed by atoms with van der Waals surface area (Å²) in [4.78, 5) is 10.4. The molecule has 1 fully saturated rings. The van der Waals surface area contributed by atoms with Crippen LogP contribution in [0.1, 0.15) is 37.4 Å². The molecule has 0 radical (unpaired) electrons. The predicted octanol–water partition coefficient (Wildman–Crippen LogP) is 3.57. The molecule has 10 heteroatoms. The normalized spacial score (nSPS) is 17.0. The van der Waals surface area contributed by atoms with Crippen molar-refractivity contribution in [2.75, 3.05) is 32.7 Å². The van der Waals surface area contributed by atoms with Gasteiger partial charge in [-0.15, -0.1) is 35.3 Å². The van der Waals surface area contributed by atoms with Gasteiger partial charge in [-0.2, -0.15) is 13.2 Å². The topological polar surface area (TPSA) is 52.6 Å². The number of hydrogen-bond donors (Lipinski definition) is 2. The molecular weight excluding hydrogens is 478 g/mol. The molecule has 1 aromatic rings. The van der Waals surface area contributed by atoms with Gasteiger partial charge in [0.2, 0.25) is 0 Å². The first-order valence-corrected chi connectivity index (χ1v) is 9.52. The van der Waals surface area contributed by atoms with Gasteiger partial charge in [0.05, 0.1) is 6.54 Å². The van der Waals surface area contributed by atoms with Crippen LogP contribution in [0.2, 0.25) is 0 Å². The summed E-state index contributed by atoms with van der Waals surface area (Å²) < 4.78 is 37.7. The molecule has 2 heterocycles. The van der Waals surface area contributed by atoms with Gasteiger partial charge in [0.15, 0.2) is 11.7 Å². The molecule has 1 aliphatic heterocycles. The highest BCUT2D eigenvalue weighted by molar-refractivity contribution is 14.0. The van der Waals surface area contributed by atoms with Crippen LogP contribution in [0.3, 0.4) is 0 Å². The predicted molar refractivity (Wildman–Crippen MR) is 110 cm³/mol. The average molecular weight is 505 g/mol. The standard InChI is InChI=1S/C16H26F3N5S.HI/c1-3-20-15(21-8-12(2)10-24-6-4-5-7-24)22-9-14-23-13(11-25-14)16(17,18)19;/h11-12H,3-10H2,1-2H3,(H2,20,21,22);1H. The van der Waals surface area contributed by atoms with Crippen LogP contribution < -0.4 is 10.6 Å². The molecule has 2 N–H and O–H groups in total. The van der Waals surface area contributed by atoms with Crippen LogP contribution in [-0.4, -0.2) is 48.6 Å². The number of thiazole rings is 1. The van der Waals surface area contributed by atoms with Gasteiger partial charge in [-0.1, -0.05) is 6.92 Å². The number of aliphatic imine (C=N–C) groups is 1. The van der Waals surface area contributed by atoms with Gasteiger partial charge in [0.1, 0.15) is 5.01 Å². The number of alkyl halides is 3. The number of halogens is 4. The second-order valence-electron chi connectivity index (χ2n) is 6.31. The summed E-state index contributed by atoms with van der Waals surface area (Å²) >= 11 is 0.982. The lowest BCUT2D eigenvalue weighted by Gasteiger charge is -2.21. The maximum atomic E-state index is 12.6. The van der Waals surface area contributed by atoms with E-state index in [1.807, 2.05) is 6.92 Å². The summed E-state index contributed by atoms with van der Waals surface area (Å²) in [5, 5.41) is 7.77. The zero-order chi connectivity index (χ0) is 18.3. The molecule has 0 spiro atoms. The monoisotopic (exact) mass is 505 g/mol. The second-order valence-corrected chi connectivity index (χ2v) is 7.26. The number of guanidine groups is 1. The maximum Gasteiger partial charge on any atom is 0.434 e. The molecule has 1 saturated heterocycles. The zero-order valence-electron chi connectivity index (χ0n) is 15.1. The Bertz CT molecular complexity index is 558. The highest BCUT2D eigenvalue weighted by Crippen LogP contribution is 2.30. The molecule has 2 rings (SSSR count). The van der Waals surface area contributed by atoms with Crippen LogP contribution in [0.25, 0.3) is 0 Å². The van der Waals surface area contributed by atoms with E-state index in [1.165, 1.54) is 25.9 Å². The van der Waals surface area contributed by atoms with E-state index in [0.717, 1.165) is 29.8 Å². The maximum absolute atomic E-state index is 12.6. The van der Waals surface area contributed by atoms with Crippen molar-refractivity contribution in [1.82, 2.24) is 20.5 Å². The summed E-state index contributed by atoms with van der Waals surface area (Å²) in [6.07, 6.45) is -1.85. The Morgan fingerprint density at radius 1 is 1.35 bits per heavy atom. The molecule has 150 valence electrons. The van der Waals surface area contributed by atoms with Crippen molar-refractivity contribution in [3.8, 4) is 0 Å². The minimum absolute atomic E-state index is 0. The Hall–Kier alpha value is -0.620. The van der Waals surface area contributed by atoms with E-state index in [1.54, 1.807) is 0 Å². The number of aromatic nitrogens is 1. The molecule has 1 unspecified atom stereocenters. The summed E-state index contributed by atoms with van der Waals surface area (Å²) in [5.74, 6) is 1.08. The summed E-state index contributed by atoms with van der Waals surface area (Å²) in [7, 11) is 0. The molecule has 0 saturated carbocycles. The van der Waals surface area contributed by atoms with Crippen LogP contribution in [0.15, 0.2) is 10.4 Å². The number of nitrogens with zero attached hydrogens (tertiary/aromatic N) is 3. The van der Waals surface area contributed by atoms with Crippen molar-refractivity contribution in [3.63, 3.8) is 0 Å². The van der Waals surface area contributed by atoms with Crippen molar-refractivity contribution < 1.29 is 13.2 Å². The van der Waals surface area contributed by atoms with Crippen molar-refractivity contribution in [2.24, 2.45) is 10.9 Å². The fourth-order valence-electron chi connectivity index (χ4n) is 2.74. The van der Waals surface area contributed by atoms with E-state index in [2.05, 4.69) is 32.4 Å². The van der Waals surface area contributed by atoms with Gasteiger partial charge < -0.3 is 15.5 Å². The first-order chi connectivity index (χ1) is 11.9. The Morgan fingerprint density at radius 3 is 2.62 bits per heavy atom. The van der Waals surface area contributed by atoms with E-state index in [9.17, 15) is 13.2 Å². The highest BCUT2D eigenvalue weighted by atomic mass is 127. The molecule has 0 aromatic carbocycles. The van der Waals surface area contributed by atoms with Gasteiger partial charge in [-0.05, 0) is 38.8 Å². The molecular formula is C16H27F3IN5S. The quantitative estimate of drug-likeness (QED) is 0.338. The van der Waals surface area contributed by atoms with Gasteiger partial charge in [-0.25, -0.2) is 9.98 Å². The third-order valence-corrected chi connectivity index (χ3v) is 4.78. The average Bonchev–Trinajstić information content (AvgIpc) is 3.21. The number of likely N-dealkylation sites (tertiary alicyclic amines) is 1. The van der Waals surface area contributed by atoms with Crippen molar-refractivity contribution in [1.29, 1.82) is 0 Å². The number of rotatable bonds is 7. The SMILES string of the molecule is CCNC(=NCc1nc(C(F)(F)F)cs1)NCC(C)CN1CCCC1.I. The fourth-order valence-corrected chi connectivity index (χ4v) is 3.47. The third kappa shape index (κ3) is 7.95. The van der Waals surface area contributed by atoms with Crippen LogP contribution in [0.5, 0.6) is 0 Å². The molecule has 5 nitrogen and oxygen atoms in total. The summed E-state index contributed by atoms with van der Waals surface area (Å²) in [5.41, 5.74) is -0.847. The summed E-state index contributed by atoms with van der Waals surface area (Å²) in [6, 6.07) is 0. The van der Waals surface area contributed by atoms with Crippen molar-refractivity contribution in [2.45, 2.75) is 39.4 Å². The number of nitrogens with one attached hydrogen (secondary N) is 2. The fraction of sp³-hybridized carbons (Fsp3) is 0.750. The Balaban J connectivity index is 0.00000338. The Morgan fingerprint density at radius 2 is 2.04 bits per heavy atom. The first-order valence-electron chi connectivity index (χ1n) is 8.64. The van der Waals surface area contributed by atoms with Crippen LogP contribution >= 0.6 is 35.3 Å². The first kappa shape index (κ1) is 23.4. The zero-order valence-corrected chi connectivity index (χ0v) is 18.3. The minimum atomic E-state index is -4.40. The molecule has 1 atom stereocenters. The van der Waals surface area contributed by atoms with Gasteiger partial charge >= 0.3 is 6.18 Å². The van der Waals surface area contributed by atoms with Crippen LogP contribution in [0, 0.1) is 5.92 Å². The van der Waals surface area contributed by atoms with Gasteiger partial charge in [0, 0.05) is 25.0 Å². The van der Waals surface area contributed by atoms with Crippen LogP contribution in [-0.2, 0) is 12.7 Å². The molecule has 0 amide bonds. The highest BCUT2D eigenvalue weighted by Gasteiger charge is 2.33. The molecule has 1 aromatic heterocycles. The van der Waals surface area contributed by atoms with E-state index < -0.39 is 11.9 Å².